The Kier molecular flexibility index (Phi) is 3.73. The van der Waals surface area contributed by atoms with Gasteiger partial charge in [-0.05, 0) is 6.07 Å². The highest BCUT2D eigenvalue weighted by Crippen LogP contribution is 2.23. The van der Waals surface area contributed by atoms with Gasteiger partial charge in [-0.1, -0.05) is 17.7 Å². The number of Topliss-reactive ketones (excluding diaryl/α,β-unsaturated/α-hetero) is 2. The lowest BCUT2D eigenvalue weighted by molar-refractivity contribution is -0.385. The quantitative estimate of drug-likeness (QED) is 0.459. The van der Waals surface area contributed by atoms with Crippen molar-refractivity contribution in [2.75, 3.05) is 0 Å². The molecule has 1 rings (SSSR count). The van der Waals surface area contributed by atoms with Crippen LogP contribution in [0, 0.1) is 10.1 Å². The summed E-state index contributed by atoms with van der Waals surface area (Å²) in [6.45, 7) is 1.13. The average molecular weight is 242 g/mol. The highest BCUT2D eigenvalue weighted by atomic mass is 35.5. The lowest BCUT2D eigenvalue weighted by Crippen LogP contribution is -2.13. The predicted molar refractivity (Wildman–Crippen MR) is 57.5 cm³/mol. The van der Waals surface area contributed by atoms with E-state index in [0.717, 1.165) is 13.0 Å². The van der Waals surface area contributed by atoms with Gasteiger partial charge >= 0.3 is 0 Å². The first-order valence-electron chi connectivity index (χ1n) is 4.38. The van der Waals surface area contributed by atoms with Gasteiger partial charge in [0.2, 0.25) is 5.78 Å². The Morgan fingerprint density at radius 3 is 2.56 bits per heavy atom. The summed E-state index contributed by atoms with van der Waals surface area (Å²) in [7, 11) is 0. The second-order valence-corrected chi connectivity index (χ2v) is 3.62. The van der Waals surface area contributed by atoms with Crippen molar-refractivity contribution < 1.29 is 14.5 Å². The van der Waals surface area contributed by atoms with Crippen LogP contribution in [0.1, 0.15) is 12.5 Å². The predicted octanol–water partition coefficient (Wildman–Crippen LogP) is 1.95. The van der Waals surface area contributed by atoms with E-state index >= 15 is 0 Å². The maximum Gasteiger partial charge on any atom is 0.274 e. The van der Waals surface area contributed by atoms with Gasteiger partial charge in [0.05, 0.1) is 4.92 Å². The number of nitro benzene ring substituents is 1. The van der Waals surface area contributed by atoms with Gasteiger partial charge in [0.1, 0.15) is 0 Å². The van der Waals surface area contributed by atoms with Crippen LogP contribution in [-0.2, 0) is 16.0 Å². The van der Waals surface area contributed by atoms with Crippen LogP contribution in [-0.4, -0.2) is 16.5 Å². The molecule has 6 heteroatoms. The van der Waals surface area contributed by atoms with Crippen molar-refractivity contribution in [3.63, 3.8) is 0 Å². The standard InChI is InChI=1S/C10H8ClNO4/c1-6(13)10(14)4-7-2-3-8(11)5-9(7)12(15)16/h2-3,5H,4H2,1H3. The highest BCUT2D eigenvalue weighted by molar-refractivity contribution is 6.36. The van der Waals surface area contributed by atoms with Gasteiger partial charge in [-0.25, -0.2) is 0 Å². The zero-order valence-corrected chi connectivity index (χ0v) is 9.15. The van der Waals surface area contributed by atoms with E-state index in [4.69, 9.17) is 11.6 Å². The maximum absolute atomic E-state index is 11.2. The zero-order valence-electron chi connectivity index (χ0n) is 8.40. The lowest BCUT2D eigenvalue weighted by atomic mass is 10.1. The third-order valence-corrected chi connectivity index (χ3v) is 2.22. The number of nitro groups is 1. The molecule has 0 unspecified atom stereocenters. The number of rotatable bonds is 4. The molecule has 16 heavy (non-hydrogen) atoms. The summed E-state index contributed by atoms with van der Waals surface area (Å²) >= 11 is 5.60. The van der Waals surface area contributed by atoms with Gasteiger partial charge < -0.3 is 0 Å². The molecule has 0 aliphatic rings. The minimum Gasteiger partial charge on any atom is -0.291 e. The zero-order chi connectivity index (χ0) is 12.3. The molecule has 0 saturated carbocycles. The second kappa shape index (κ2) is 4.85. The molecule has 0 N–H and O–H groups in total. The van der Waals surface area contributed by atoms with E-state index in [1.807, 2.05) is 0 Å². The van der Waals surface area contributed by atoms with Crippen LogP contribution in [0.4, 0.5) is 5.69 Å². The number of ketones is 2. The van der Waals surface area contributed by atoms with Crippen LogP contribution >= 0.6 is 11.6 Å². The number of halogens is 1. The number of carbonyl (C=O) groups excluding carboxylic acids is 2. The molecule has 0 heterocycles. The number of hydrogen-bond donors (Lipinski definition) is 0. The minimum atomic E-state index is -0.662. The Morgan fingerprint density at radius 1 is 1.44 bits per heavy atom. The van der Waals surface area contributed by atoms with E-state index in [1.54, 1.807) is 0 Å². The molecule has 0 aromatic heterocycles. The summed E-state index contributed by atoms with van der Waals surface area (Å²) in [6.07, 6.45) is -0.275. The monoisotopic (exact) mass is 241 g/mol. The van der Waals surface area contributed by atoms with Crippen LogP contribution < -0.4 is 0 Å². The lowest BCUT2D eigenvalue weighted by Gasteiger charge is -2.01. The molecule has 0 saturated heterocycles. The van der Waals surface area contributed by atoms with Crippen LogP contribution in [0.15, 0.2) is 18.2 Å². The van der Waals surface area contributed by atoms with Gasteiger partial charge in [-0.2, -0.15) is 0 Å². The Labute approximate surface area is 96.2 Å². The number of hydrogen-bond acceptors (Lipinski definition) is 4. The van der Waals surface area contributed by atoms with Crippen LogP contribution in [0.25, 0.3) is 0 Å². The summed E-state index contributed by atoms with van der Waals surface area (Å²) in [5.74, 6) is -1.28. The van der Waals surface area contributed by atoms with Crippen molar-refractivity contribution in [3.8, 4) is 0 Å². The van der Waals surface area contributed by atoms with Crippen LogP contribution in [0.5, 0.6) is 0 Å². The van der Waals surface area contributed by atoms with Crippen LogP contribution in [0.2, 0.25) is 5.02 Å². The molecule has 0 aliphatic carbocycles. The Balaban J connectivity index is 3.09. The Bertz CT molecular complexity index is 470. The SMILES string of the molecule is CC(=O)C(=O)Cc1ccc(Cl)cc1[N+](=O)[O-]. The molecular formula is C10H8ClNO4. The van der Waals surface area contributed by atoms with Gasteiger partial charge in [0, 0.05) is 30.0 Å². The van der Waals surface area contributed by atoms with E-state index in [1.165, 1.54) is 12.1 Å². The Hall–Kier alpha value is -1.75. The minimum absolute atomic E-state index is 0.189. The van der Waals surface area contributed by atoms with Crippen molar-refractivity contribution in [2.45, 2.75) is 13.3 Å². The second-order valence-electron chi connectivity index (χ2n) is 3.19. The largest absolute Gasteiger partial charge is 0.291 e. The molecule has 84 valence electrons. The van der Waals surface area contributed by atoms with Gasteiger partial charge in [0.15, 0.2) is 5.78 Å². The molecule has 0 atom stereocenters. The fraction of sp³-hybridized carbons (Fsp3) is 0.200. The van der Waals surface area contributed by atoms with E-state index in [0.29, 0.717) is 0 Å². The molecule has 0 spiro atoms. The molecule has 0 radical (unpaired) electrons. The number of carbonyl (C=O) groups is 2. The normalized spacial score (nSPS) is 9.88. The van der Waals surface area contributed by atoms with Gasteiger partial charge in [-0.15, -0.1) is 0 Å². The first-order chi connectivity index (χ1) is 7.41. The van der Waals surface area contributed by atoms with Crippen molar-refractivity contribution in [3.05, 3.63) is 38.9 Å². The van der Waals surface area contributed by atoms with Gasteiger partial charge in [0.25, 0.3) is 5.69 Å². The number of nitrogens with zero attached hydrogens (tertiary/aromatic N) is 1. The molecule has 0 aliphatic heterocycles. The van der Waals surface area contributed by atoms with Crippen molar-refractivity contribution in [2.24, 2.45) is 0 Å². The van der Waals surface area contributed by atoms with Crippen LogP contribution in [0.3, 0.4) is 0 Å². The summed E-state index contributed by atoms with van der Waals surface area (Å²) in [6, 6.07) is 3.98. The average Bonchev–Trinajstić information content (AvgIpc) is 2.20. The van der Waals surface area contributed by atoms with Crippen molar-refractivity contribution in [1.82, 2.24) is 0 Å². The number of benzene rings is 1. The van der Waals surface area contributed by atoms with Crippen molar-refractivity contribution in [1.29, 1.82) is 0 Å². The van der Waals surface area contributed by atoms with E-state index in [9.17, 15) is 19.7 Å². The molecular weight excluding hydrogens is 234 g/mol. The topological polar surface area (TPSA) is 77.3 Å². The third-order valence-electron chi connectivity index (χ3n) is 1.99. The maximum atomic E-state index is 11.2. The highest BCUT2D eigenvalue weighted by Gasteiger charge is 2.18. The van der Waals surface area contributed by atoms with E-state index in [2.05, 4.69) is 0 Å². The first-order valence-corrected chi connectivity index (χ1v) is 4.76. The molecule has 0 fully saturated rings. The molecule has 0 bridgehead atoms. The fourth-order valence-corrected chi connectivity index (χ4v) is 1.32. The molecule has 5 nitrogen and oxygen atoms in total. The fourth-order valence-electron chi connectivity index (χ4n) is 1.15. The Morgan fingerprint density at radius 2 is 2.06 bits per heavy atom. The summed E-state index contributed by atoms with van der Waals surface area (Å²) in [5.41, 5.74) is -0.0586. The van der Waals surface area contributed by atoms with Crippen molar-refractivity contribution >= 4 is 28.9 Å². The molecule has 1 aromatic carbocycles. The summed E-state index contributed by atoms with van der Waals surface area (Å²) in [4.78, 5) is 32.0. The van der Waals surface area contributed by atoms with Gasteiger partial charge in [-0.3, -0.25) is 19.7 Å². The summed E-state index contributed by atoms with van der Waals surface area (Å²) in [5, 5.41) is 10.9. The first kappa shape index (κ1) is 12.3. The third kappa shape index (κ3) is 2.87. The molecule has 0 amide bonds. The molecule has 1 aromatic rings. The van der Waals surface area contributed by atoms with E-state index in [-0.39, 0.29) is 22.7 Å². The smallest absolute Gasteiger partial charge is 0.274 e. The van der Waals surface area contributed by atoms with E-state index < -0.39 is 16.5 Å². The summed E-state index contributed by atoms with van der Waals surface area (Å²) < 4.78 is 0.